The van der Waals surface area contributed by atoms with Gasteiger partial charge in [-0.15, -0.1) is 0 Å². The Bertz CT molecular complexity index is 1120. The number of hydrogen-bond acceptors (Lipinski definition) is 4. The van der Waals surface area contributed by atoms with E-state index >= 15 is 0 Å². The number of halogens is 2. The van der Waals surface area contributed by atoms with Gasteiger partial charge in [0.1, 0.15) is 18.0 Å². The molecule has 118 valence electrons. The predicted octanol–water partition coefficient (Wildman–Crippen LogP) is 2.96. The second kappa shape index (κ2) is 5.54. The lowest BCUT2D eigenvalue weighted by molar-refractivity contribution is 0.630. The number of nitrogens with one attached hydrogen (secondary N) is 1. The second-order valence-electron chi connectivity index (χ2n) is 4.99. The van der Waals surface area contributed by atoms with Crippen molar-refractivity contribution < 1.29 is 4.39 Å². The van der Waals surface area contributed by atoms with Crippen molar-refractivity contribution in [2.75, 3.05) is 0 Å². The van der Waals surface area contributed by atoms with Gasteiger partial charge in [0.15, 0.2) is 16.3 Å². The molecule has 0 aliphatic carbocycles. The summed E-state index contributed by atoms with van der Waals surface area (Å²) in [6, 6.07) is 9.47. The van der Waals surface area contributed by atoms with Gasteiger partial charge in [-0.3, -0.25) is 9.36 Å². The molecule has 1 aromatic carbocycles. The van der Waals surface area contributed by atoms with E-state index < -0.39 is 11.4 Å². The quantitative estimate of drug-likeness (QED) is 0.569. The van der Waals surface area contributed by atoms with E-state index in [1.807, 2.05) is 0 Å². The summed E-state index contributed by atoms with van der Waals surface area (Å²) < 4.78 is 15.4. The zero-order chi connectivity index (χ0) is 16.7. The minimum absolute atomic E-state index is 0.119. The fourth-order valence-corrected chi connectivity index (χ4v) is 2.66. The summed E-state index contributed by atoms with van der Waals surface area (Å²) in [6.45, 7) is 0. The largest absolute Gasteiger partial charge is 0.304 e. The predicted molar refractivity (Wildman–Crippen MR) is 87.7 cm³/mol. The molecule has 0 radical (unpaired) electrons. The van der Waals surface area contributed by atoms with Crippen LogP contribution in [0.2, 0.25) is 5.15 Å². The number of H-pyrrole nitrogens is 1. The van der Waals surface area contributed by atoms with Crippen molar-refractivity contribution in [3.8, 4) is 17.1 Å². The molecule has 0 saturated carbocycles. The first-order valence-corrected chi connectivity index (χ1v) is 7.36. The van der Waals surface area contributed by atoms with E-state index in [0.29, 0.717) is 5.69 Å². The van der Waals surface area contributed by atoms with Gasteiger partial charge in [0.2, 0.25) is 0 Å². The average Bonchev–Trinajstić information content (AvgIpc) is 3.00. The Morgan fingerprint density at radius 3 is 2.75 bits per heavy atom. The highest BCUT2D eigenvalue weighted by Crippen LogP contribution is 2.22. The molecule has 0 spiro atoms. The molecule has 0 aliphatic heterocycles. The molecule has 0 atom stereocenters. The summed E-state index contributed by atoms with van der Waals surface area (Å²) in [5.41, 5.74) is 0.663. The molecule has 8 heteroatoms. The van der Waals surface area contributed by atoms with Gasteiger partial charge in [-0.2, -0.15) is 0 Å². The minimum Gasteiger partial charge on any atom is -0.304 e. The van der Waals surface area contributed by atoms with E-state index in [9.17, 15) is 9.18 Å². The van der Waals surface area contributed by atoms with Crippen molar-refractivity contribution in [3.63, 3.8) is 0 Å². The number of hydrogen-bond donors (Lipinski definition) is 1. The minimum atomic E-state index is -0.477. The van der Waals surface area contributed by atoms with Crippen LogP contribution in [0, 0.1) is 5.82 Å². The van der Waals surface area contributed by atoms with E-state index in [4.69, 9.17) is 11.6 Å². The van der Waals surface area contributed by atoms with Crippen molar-refractivity contribution in [2.45, 2.75) is 0 Å². The molecular formula is C16H9ClFN5O. The number of aromatic nitrogens is 5. The van der Waals surface area contributed by atoms with Gasteiger partial charge in [-0.25, -0.2) is 19.3 Å². The van der Waals surface area contributed by atoms with Crippen LogP contribution < -0.4 is 5.56 Å². The average molecular weight is 342 g/mol. The van der Waals surface area contributed by atoms with Crippen LogP contribution in [0.5, 0.6) is 0 Å². The SMILES string of the molecule is O=c1[nH]c(-c2ccccc2F)nc2ncn(-c3cccnc3Cl)c12. The van der Waals surface area contributed by atoms with Gasteiger partial charge in [0.25, 0.3) is 5.56 Å². The van der Waals surface area contributed by atoms with Gasteiger partial charge in [0, 0.05) is 6.20 Å². The maximum Gasteiger partial charge on any atom is 0.277 e. The highest BCUT2D eigenvalue weighted by molar-refractivity contribution is 6.31. The molecule has 1 N–H and O–H groups in total. The van der Waals surface area contributed by atoms with Crippen molar-refractivity contribution in [2.24, 2.45) is 0 Å². The molecule has 0 bridgehead atoms. The number of rotatable bonds is 2. The lowest BCUT2D eigenvalue weighted by Gasteiger charge is -2.06. The Kier molecular flexibility index (Phi) is 3.35. The first-order chi connectivity index (χ1) is 11.6. The lowest BCUT2D eigenvalue weighted by Crippen LogP contribution is -2.13. The Labute approximate surface area is 139 Å². The van der Waals surface area contributed by atoms with Crippen LogP contribution in [0.15, 0.2) is 53.7 Å². The molecule has 0 fully saturated rings. The van der Waals surface area contributed by atoms with Crippen molar-refractivity contribution >= 4 is 22.8 Å². The molecule has 0 amide bonds. The highest BCUT2D eigenvalue weighted by Gasteiger charge is 2.16. The fraction of sp³-hybridized carbons (Fsp3) is 0. The van der Waals surface area contributed by atoms with E-state index in [1.54, 1.807) is 30.5 Å². The fourth-order valence-electron chi connectivity index (χ4n) is 2.45. The molecule has 3 aromatic heterocycles. The van der Waals surface area contributed by atoms with Crippen LogP contribution in [0.1, 0.15) is 0 Å². The van der Waals surface area contributed by atoms with E-state index in [2.05, 4.69) is 19.9 Å². The van der Waals surface area contributed by atoms with Crippen molar-refractivity contribution in [1.82, 2.24) is 24.5 Å². The number of nitrogens with zero attached hydrogens (tertiary/aromatic N) is 4. The zero-order valence-corrected chi connectivity index (χ0v) is 12.8. The number of pyridine rings is 1. The molecule has 24 heavy (non-hydrogen) atoms. The Hall–Kier alpha value is -3.06. The molecule has 4 aromatic rings. The third-order valence-electron chi connectivity index (χ3n) is 3.54. The van der Waals surface area contributed by atoms with E-state index in [0.717, 1.165) is 0 Å². The molecule has 6 nitrogen and oxygen atoms in total. The zero-order valence-electron chi connectivity index (χ0n) is 12.1. The van der Waals surface area contributed by atoms with E-state index in [1.165, 1.54) is 23.0 Å². The van der Waals surface area contributed by atoms with Crippen molar-refractivity contribution in [1.29, 1.82) is 0 Å². The number of aromatic amines is 1. The van der Waals surface area contributed by atoms with Crippen LogP contribution in [0.4, 0.5) is 4.39 Å². The molecular weight excluding hydrogens is 333 g/mol. The Morgan fingerprint density at radius 1 is 1.12 bits per heavy atom. The third kappa shape index (κ3) is 2.26. The van der Waals surface area contributed by atoms with E-state index in [-0.39, 0.29) is 27.7 Å². The van der Waals surface area contributed by atoms with Crippen LogP contribution in [-0.4, -0.2) is 24.5 Å². The van der Waals surface area contributed by atoms with Gasteiger partial charge in [-0.05, 0) is 24.3 Å². The van der Waals surface area contributed by atoms with Crippen LogP contribution in [0.3, 0.4) is 0 Å². The molecule has 0 saturated heterocycles. The summed E-state index contributed by atoms with van der Waals surface area (Å²) in [5, 5.41) is 0.231. The standard InChI is InChI=1S/C16H9ClFN5O/c17-13-11(6-3-7-19-13)23-8-20-15-12(23)16(24)22-14(21-15)9-4-1-2-5-10(9)18/h1-8H,(H,21,22,24). The number of fused-ring (bicyclic) bond motifs is 1. The summed E-state index contributed by atoms with van der Waals surface area (Å²) in [4.78, 5) is 27.5. The van der Waals surface area contributed by atoms with Crippen molar-refractivity contribution in [3.05, 3.63) is 70.2 Å². The normalized spacial score (nSPS) is 11.1. The van der Waals surface area contributed by atoms with Gasteiger partial charge in [-0.1, -0.05) is 23.7 Å². The smallest absolute Gasteiger partial charge is 0.277 e. The Balaban J connectivity index is 1.96. The maximum absolute atomic E-state index is 13.9. The summed E-state index contributed by atoms with van der Waals surface area (Å²) in [7, 11) is 0. The third-order valence-corrected chi connectivity index (χ3v) is 3.83. The first kappa shape index (κ1) is 14.5. The Morgan fingerprint density at radius 2 is 1.96 bits per heavy atom. The monoisotopic (exact) mass is 341 g/mol. The van der Waals surface area contributed by atoms with Gasteiger partial charge >= 0.3 is 0 Å². The highest BCUT2D eigenvalue weighted by atomic mass is 35.5. The summed E-state index contributed by atoms with van der Waals surface area (Å²) >= 11 is 6.07. The summed E-state index contributed by atoms with van der Waals surface area (Å²) in [5.74, 6) is -0.358. The van der Waals surface area contributed by atoms with Gasteiger partial charge in [0.05, 0.1) is 11.3 Å². The van der Waals surface area contributed by atoms with Gasteiger partial charge < -0.3 is 4.98 Å². The first-order valence-electron chi connectivity index (χ1n) is 6.98. The van der Waals surface area contributed by atoms with Crippen LogP contribution in [-0.2, 0) is 0 Å². The lowest BCUT2D eigenvalue weighted by atomic mass is 10.2. The molecule has 4 rings (SSSR count). The van der Waals surface area contributed by atoms with Crippen LogP contribution in [0.25, 0.3) is 28.2 Å². The molecule has 0 aliphatic rings. The molecule has 3 heterocycles. The summed E-state index contributed by atoms with van der Waals surface area (Å²) in [6.07, 6.45) is 2.98. The second-order valence-corrected chi connectivity index (χ2v) is 5.35. The number of imidazole rings is 1. The maximum atomic E-state index is 13.9. The topological polar surface area (TPSA) is 76.5 Å². The molecule has 0 unspecified atom stereocenters. The number of benzene rings is 1. The van der Waals surface area contributed by atoms with Crippen LogP contribution >= 0.6 is 11.6 Å².